The number of hydrogen-bond donors (Lipinski definition) is 0. The van der Waals surface area contributed by atoms with E-state index in [-0.39, 0.29) is 23.8 Å². The second kappa shape index (κ2) is 12.1. The predicted octanol–water partition coefficient (Wildman–Crippen LogP) is 5.31. The number of ether oxygens (including phenoxy) is 1. The molecule has 0 amide bonds. The molecule has 0 aromatic carbocycles. The summed E-state index contributed by atoms with van der Waals surface area (Å²) in [5.74, 6) is -0.428. The molecule has 0 radical (unpaired) electrons. The standard InChI is InChI=1S/C20H34O3/c1-7-9-11-17(13-15(3)4)19(21)23-20(22)18(12-10-8-2)14-16(5)6/h7-8,15-18H,1-2,9-14H2,3-6H3. The van der Waals surface area contributed by atoms with Gasteiger partial charge in [-0.2, -0.15) is 0 Å². The zero-order valence-corrected chi connectivity index (χ0v) is 15.3. The Balaban J connectivity index is 4.77. The van der Waals surface area contributed by atoms with Crippen LogP contribution in [-0.4, -0.2) is 11.9 Å². The molecule has 2 atom stereocenters. The molecule has 0 aliphatic heterocycles. The minimum absolute atomic E-state index is 0.226. The molecule has 0 aliphatic carbocycles. The molecular weight excluding hydrogens is 288 g/mol. The van der Waals surface area contributed by atoms with Gasteiger partial charge in [-0.3, -0.25) is 9.59 Å². The highest BCUT2D eigenvalue weighted by atomic mass is 16.6. The number of carbonyl (C=O) groups is 2. The van der Waals surface area contributed by atoms with E-state index in [2.05, 4.69) is 40.9 Å². The van der Waals surface area contributed by atoms with Crippen molar-refractivity contribution in [2.75, 3.05) is 0 Å². The van der Waals surface area contributed by atoms with Crippen LogP contribution in [0.5, 0.6) is 0 Å². The van der Waals surface area contributed by atoms with Crippen molar-refractivity contribution < 1.29 is 14.3 Å². The summed E-state index contributed by atoms with van der Waals surface area (Å²) in [7, 11) is 0. The maximum atomic E-state index is 12.4. The maximum absolute atomic E-state index is 12.4. The first-order valence-electron chi connectivity index (χ1n) is 8.79. The molecule has 132 valence electrons. The lowest BCUT2D eigenvalue weighted by Gasteiger charge is -2.20. The second-order valence-corrected chi connectivity index (χ2v) is 7.13. The smallest absolute Gasteiger partial charge is 0.316 e. The Morgan fingerprint density at radius 3 is 1.43 bits per heavy atom. The lowest BCUT2D eigenvalue weighted by molar-refractivity contribution is -0.166. The van der Waals surface area contributed by atoms with Gasteiger partial charge in [-0.25, -0.2) is 0 Å². The Morgan fingerprint density at radius 2 is 1.17 bits per heavy atom. The molecule has 0 heterocycles. The van der Waals surface area contributed by atoms with Gasteiger partial charge in [0, 0.05) is 0 Å². The third-order valence-electron chi connectivity index (χ3n) is 3.82. The molecular formula is C20H34O3. The Hall–Kier alpha value is -1.38. The number of rotatable bonds is 12. The Morgan fingerprint density at radius 1 is 0.826 bits per heavy atom. The van der Waals surface area contributed by atoms with Crippen LogP contribution in [0, 0.1) is 23.7 Å². The van der Waals surface area contributed by atoms with Gasteiger partial charge < -0.3 is 4.74 Å². The van der Waals surface area contributed by atoms with Crippen LogP contribution in [0.1, 0.15) is 66.2 Å². The fourth-order valence-electron chi connectivity index (χ4n) is 2.71. The molecule has 3 nitrogen and oxygen atoms in total. The summed E-state index contributed by atoms with van der Waals surface area (Å²) in [6.07, 6.45) is 7.97. The van der Waals surface area contributed by atoms with Crippen LogP contribution < -0.4 is 0 Å². The fourth-order valence-corrected chi connectivity index (χ4v) is 2.71. The number of carbonyl (C=O) groups excluding carboxylic acids is 2. The third-order valence-corrected chi connectivity index (χ3v) is 3.82. The Labute approximate surface area is 142 Å². The van der Waals surface area contributed by atoms with E-state index in [9.17, 15) is 9.59 Å². The van der Waals surface area contributed by atoms with E-state index in [1.807, 2.05) is 0 Å². The molecule has 0 saturated carbocycles. The summed E-state index contributed by atoms with van der Waals surface area (Å²) in [6.45, 7) is 15.7. The summed E-state index contributed by atoms with van der Waals surface area (Å²) in [6, 6.07) is 0. The molecule has 0 N–H and O–H groups in total. The summed E-state index contributed by atoms with van der Waals surface area (Å²) >= 11 is 0. The van der Waals surface area contributed by atoms with E-state index in [0.717, 1.165) is 25.7 Å². The van der Waals surface area contributed by atoms with Gasteiger partial charge in [0.1, 0.15) is 0 Å². The number of allylic oxidation sites excluding steroid dienone is 2. The molecule has 0 fully saturated rings. The molecule has 0 saturated heterocycles. The first kappa shape index (κ1) is 21.6. The quantitative estimate of drug-likeness (QED) is 0.278. The van der Waals surface area contributed by atoms with E-state index < -0.39 is 0 Å². The molecule has 0 bridgehead atoms. The minimum atomic E-state index is -0.377. The van der Waals surface area contributed by atoms with E-state index in [1.54, 1.807) is 12.2 Å². The molecule has 0 aromatic rings. The van der Waals surface area contributed by atoms with Gasteiger partial charge in [0.05, 0.1) is 11.8 Å². The Bertz CT molecular complexity index is 346. The van der Waals surface area contributed by atoms with Crippen LogP contribution in [0.3, 0.4) is 0 Å². The van der Waals surface area contributed by atoms with Gasteiger partial charge in [0.15, 0.2) is 0 Å². The molecule has 0 spiro atoms. The minimum Gasteiger partial charge on any atom is -0.393 e. The van der Waals surface area contributed by atoms with Crippen LogP contribution >= 0.6 is 0 Å². The van der Waals surface area contributed by atoms with E-state index in [0.29, 0.717) is 24.7 Å². The SMILES string of the molecule is C=CCCC(CC(C)C)C(=O)OC(=O)C(CCC=C)CC(C)C. The highest BCUT2D eigenvalue weighted by molar-refractivity contribution is 5.87. The molecule has 3 heteroatoms. The van der Waals surface area contributed by atoms with Gasteiger partial charge in [0.25, 0.3) is 0 Å². The first-order chi connectivity index (χ1) is 10.8. The first-order valence-corrected chi connectivity index (χ1v) is 8.79. The average molecular weight is 322 g/mol. The van der Waals surface area contributed by atoms with Crippen LogP contribution in [-0.2, 0) is 14.3 Å². The van der Waals surface area contributed by atoms with Crippen molar-refractivity contribution in [3.63, 3.8) is 0 Å². The van der Waals surface area contributed by atoms with Gasteiger partial charge >= 0.3 is 11.9 Å². The van der Waals surface area contributed by atoms with Crippen molar-refractivity contribution >= 4 is 11.9 Å². The lowest BCUT2D eigenvalue weighted by Crippen LogP contribution is -2.27. The van der Waals surface area contributed by atoms with E-state index in [1.165, 1.54) is 0 Å². The van der Waals surface area contributed by atoms with Crippen molar-refractivity contribution in [2.45, 2.75) is 66.2 Å². The molecule has 0 rings (SSSR count). The van der Waals surface area contributed by atoms with Gasteiger partial charge in [-0.15, -0.1) is 13.2 Å². The zero-order valence-electron chi connectivity index (χ0n) is 15.3. The lowest BCUT2D eigenvalue weighted by atomic mass is 9.92. The van der Waals surface area contributed by atoms with Crippen LogP contribution in [0.25, 0.3) is 0 Å². The highest BCUT2D eigenvalue weighted by Crippen LogP contribution is 2.23. The van der Waals surface area contributed by atoms with Gasteiger partial charge in [0.2, 0.25) is 0 Å². The monoisotopic (exact) mass is 322 g/mol. The summed E-state index contributed by atoms with van der Waals surface area (Å²) < 4.78 is 5.22. The number of hydrogen-bond acceptors (Lipinski definition) is 3. The molecule has 0 aliphatic rings. The Kier molecular flexibility index (Phi) is 11.4. The zero-order chi connectivity index (χ0) is 17.8. The summed E-state index contributed by atoms with van der Waals surface area (Å²) in [5.41, 5.74) is 0. The van der Waals surface area contributed by atoms with Crippen molar-refractivity contribution in [1.82, 2.24) is 0 Å². The molecule has 0 aromatic heterocycles. The fraction of sp³-hybridized carbons (Fsp3) is 0.700. The molecule has 2 unspecified atom stereocenters. The second-order valence-electron chi connectivity index (χ2n) is 7.13. The van der Waals surface area contributed by atoms with Gasteiger partial charge in [-0.05, 0) is 50.4 Å². The highest BCUT2D eigenvalue weighted by Gasteiger charge is 2.27. The third kappa shape index (κ3) is 10.1. The normalized spacial score (nSPS) is 13.7. The van der Waals surface area contributed by atoms with Crippen LogP contribution in [0.2, 0.25) is 0 Å². The van der Waals surface area contributed by atoms with Crippen LogP contribution in [0.4, 0.5) is 0 Å². The topological polar surface area (TPSA) is 43.4 Å². The average Bonchev–Trinajstić information content (AvgIpc) is 2.46. The van der Waals surface area contributed by atoms with Crippen molar-refractivity contribution in [3.05, 3.63) is 25.3 Å². The summed E-state index contributed by atoms with van der Waals surface area (Å²) in [4.78, 5) is 24.7. The number of esters is 2. The van der Waals surface area contributed by atoms with Crippen LogP contribution in [0.15, 0.2) is 25.3 Å². The van der Waals surface area contributed by atoms with Crippen molar-refractivity contribution in [1.29, 1.82) is 0 Å². The van der Waals surface area contributed by atoms with Gasteiger partial charge in [-0.1, -0.05) is 39.8 Å². The maximum Gasteiger partial charge on any atom is 0.316 e. The largest absolute Gasteiger partial charge is 0.393 e. The van der Waals surface area contributed by atoms with Crippen molar-refractivity contribution in [3.8, 4) is 0 Å². The van der Waals surface area contributed by atoms with E-state index in [4.69, 9.17) is 4.74 Å². The predicted molar refractivity (Wildman–Crippen MR) is 95.9 cm³/mol. The molecule has 23 heavy (non-hydrogen) atoms. The van der Waals surface area contributed by atoms with E-state index >= 15 is 0 Å². The van der Waals surface area contributed by atoms with Crippen molar-refractivity contribution in [2.24, 2.45) is 23.7 Å². The summed E-state index contributed by atoms with van der Waals surface area (Å²) in [5, 5.41) is 0.